The molecule has 1 aromatic heterocycles. The van der Waals surface area contributed by atoms with Crippen LogP contribution in [0.25, 0.3) is 0 Å². The Bertz CT molecular complexity index is 429. The first kappa shape index (κ1) is 17.4. The van der Waals surface area contributed by atoms with Gasteiger partial charge in [0.25, 0.3) is 0 Å². The minimum atomic E-state index is -0.352. The van der Waals surface area contributed by atoms with Gasteiger partial charge in [-0.15, -0.1) is 0 Å². The summed E-state index contributed by atoms with van der Waals surface area (Å²) in [7, 11) is 0. The molecule has 3 N–H and O–H groups in total. The maximum atomic E-state index is 10.3. The molecule has 1 fully saturated rings. The molecule has 1 aliphatic carbocycles. The van der Waals surface area contributed by atoms with Crippen molar-refractivity contribution in [2.45, 2.75) is 83.3 Å². The molecule has 0 bridgehead atoms. The van der Waals surface area contributed by atoms with Gasteiger partial charge in [0.05, 0.1) is 6.10 Å². The molecule has 3 nitrogen and oxygen atoms in total. The van der Waals surface area contributed by atoms with Crippen molar-refractivity contribution in [3.8, 4) is 0 Å². The Labute approximate surface area is 135 Å². The van der Waals surface area contributed by atoms with Crippen LogP contribution in [0, 0.1) is 5.92 Å². The van der Waals surface area contributed by atoms with E-state index in [1.54, 1.807) is 0 Å². The fourth-order valence-electron chi connectivity index (χ4n) is 3.57. The molecule has 0 saturated heterocycles. The van der Waals surface area contributed by atoms with Gasteiger partial charge in [0.15, 0.2) is 0 Å². The number of hydrogen-bond acceptors (Lipinski definition) is 3. The minimum Gasteiger partial charge on any atom is -0.392 e. The van der Waals surface area contributed by atoms with Crippen molar-refractivity contribution in [1.29, 1.82) is 0 Å². The van der Waals surface area contributed by atoms with Crippen molar-refractivity contribution in [3.63, 3.8) is 0 Å². The number of rotatable bonds is 8. The van der Waals surface area contributed by atoms with Crippen LogP contribution in [0.3, 0.4) is 0 Å². The number of nitrogens with two attached hydrogens (primary N) is 1. The van der Waals surface area contributed by atoms with Crippen LogP contribution in [0.1, 0.15) is 69.5 Å². The summed E-state index contributed by atoms with van der Waals surface area (Å²) < 4.78 is 0. The molecule has 1 aromatic rings. The molecule has 1 heterocycles. The van der Waals surface area contributed by atoms with E-state index >= 15 is 0 Å². The fraction of sp³-hybridized carbons (Fsp3) is 0.737. The number of hydrogen-bond donors (Lipinski definition) is 2. The Morgan fingerprint density at radius 2 is 2.09 bits per heavy atom. The second-order valence-corrected chi connectivity index (χ2v) is 6.87. The lowest BCUT2D eigenvalue weighted by Crippen LogP contribution is -2.36. The number of nitrogens with zero attached hydrogens (tertiary/aromatic N) is 1. The van der Waals surface area contributed by atoms with Crippen LogP contribution < -0.4 is 5.73 Å². The van der Waals surface area contributed by atoms with Gasteiger partial charge in [-0.1, -0.05) is 39.0 Å². The third-order valence-corrected chi connectivity index (χ3v) is 5.03. The van der Waals surface area contributed by atoms with Crippen molar-refractivity contribution in [2.24, 2.45) is 11.7 Å². The highest BCUT2D eigenvalue weighted by Gasteiger charge is 2.21. The molecule has 1 saturated carbocycles. The average molecular weight is 304 g/mol. The molecule has 1 aliphatic rings. The second-order valence-electron chi connectivity index (χ2n) is 6.87. The molecule has 22 heavy (non-hydrogen) atoms. The lowest BCUT2D eigenvalue weighted by molar-refractivity contribution is 0.116. The number of aromatic nitrogens is 1. The SMILES string of the molecule is CCc1cc(CCC[C@H](O)[C@@H](N)CC2CCCCC2)ccn1. The summed E-state index contributed by atoms with van der Waals surface area (Å²) in [6.07, 6.45) is 13.0. The zero-order valence-electron chi connectivity index (χ0n) is 14.0. The van der Waals surface area contributed by atoms with Crippen LogP contribution in [-0.4, -0.2) is 22.2 Å². The number of aliphatic hydroxyl groups is 1. The van der Waals surface area contributed by atoms with Crippen molar-refractivity contribution in [3.05, 3.63) is 29.6 Å². The molecule has 124 valence electrons. The predicted octanol–water partition coefficient (Wildman–Crippen LogP) is 3.63. The summed E-state index contributed by atoms with van der Waals surface area (Å²) >= 11 is 0. The quantitative estimate of drug-likeness (QED) is 0.771. The van der Waals surface area contributed by atoms with Gasteiger partial charge in [-0.3, -0.25) is 4.98 Å². The summed E-state index contributed by atoms with van der Waals surface area (Å²) in [4.78, 5) is 4.32. The topological polar surface area (TPSA) is 59.1 Å². The molecule has 3 heteroatoms. The number of aryl methyl sites for hydroxylation is 2. The highest BCUT2D eigenvalue weighted by atomic mass is 16.3. The molecule has 2 atom stereocenters. The molecule has 0 unspecified atom stereocenters. The fourth-order valence-corrected chi connectivity index (χ4v) is 3.57. The molecule has 0 aromatic carbocycles. The van der Waals surface area contributed by atoms with Crippen LogP contribution in [0.2, 0.25) is 0 Å². The zero-order valence-corrected chi connectivity index (χ0v) is 14.0. The molecular weight excluding hydrogens is 272 g/mol. The van der Waals surface area contributed by atoms with E-state index in [4.69, 9.17) is 5.73 Å². The summed E-state index contributed by atoms with van der Waals surface area (Å²) in [6.45, 7) is 2.13. The van der Waals surface area contributed by atoms with Crippen molar-refractivity contribution in [1.82, 2.24) is 4.98 Å². The normalized spacial score (nSPS) is 19.0. The van der Waals surface area contributed by atoms with Crippen LogP contribution in [0.15, 0.2) is 18.3 Å². The Morgan fingerprint density at radius 1 is 1.32 bits per heavy atom. The van der Waals surface area contributed by atoms with Crippen molar-refractivity contribution >= 4 is 0 Å². The third-order valence-electron chi connectivity index (χ3n) is 5.03. The standard InChI is InChI=1S/C19H32N2O/c1-2-17-13-16(11-12-21-17)9-6-10-19(22)18(20)14-15-7-4-3-5-8-15/h11-13,15,18-19,22H,2-10,14,20H2,1H3/t18-,19-/m0/s1. The van der Waals surface area contributed by atoms with Gasteiger partial charge in [-0.25, -0.2) is 0 Å². The van der Waals surface area contributed by atoms with E-state index in [0.717, 1.165) is 43.7 Å². The van der Waals surface area contributed by atoms with E-state index in [1.165, 1.54) is 37.7 Å². The monoisotopic (exact) mass is 304 g/mol. The Morgan fingerprint density at radius 3 is 2.82 bits per heavy atom. The lowest BCUT2D eigenvalue weighted by Gasteiger charge is -2.27. The smallest absolute Gasteiger partial charge is 0.0691 e. The Balaban J connectivity index is 1.68. The third kappa shape index (κ3) is 5.69. The second kappa shape index (κ2) is 9.26. The molecule has 0 radical (unpaired) electrons. The lowest BCUT2D eigenvalue weighted by atomic mass is 9.83. The van der Waals surface area contributed by atoms with E-state index < -0.39 is 0 Å². The van der Waals surface area contributed by atoms with Gasteiger partial charge in [0, 0.05) is 17.9 Å². The predicted molar refractivity (Wildman–Crippen MR) is 91.7 cm³/mol. The summed E-state index contributed by atoms with van der Waals surface area (Å²) in [6, 6.07) is 4.20. The maximum absolute atomic E-state index is 10.3. The van der Waals surface area contributed by atoms with Gasteiger partial charge in [0.1, 0.15) is 0 Å². The molecule has 0 aliphatic heterocycles. The van der Waals surface area contributed by atoms with Crippen molar-refractivity contribution in [2.75, 3.05) is 0 Å². The highest BCUT2D eigenvalue weighted by molar-refractivity contribution is 5.16. The molecule has 2 rings (SSSR count). The zero-order chi connectivity index (χ0) is 15.8. The van der Waals surface area contributed by atoms with Gasteiger partial charge >= 0.3 is 0 Å². The van der Waals surface area contributed by atoms with Gasteiger partial charge < -0.3 is 10.8 Å². The van der Waals surface area contributed by atoms with Gasteiger partial charge in [-0.2, -0.15) is 0 Å². The van der Waals surface area contributed by atoms with Crippen molar-refractivity contribution < 1.29 is 5.11 Å². The van der Waals surface area contributed by atoms with Crippen LogP contribution in [-0.2, 0) is 12.8 Å². The van der Waals surface area contributed by atoms with E-state index in [1.807, 2.05) is 6.20 Å². The molecule has 0 spiro atoms. The Kier molecular flexibility index (Phi) is 7.34. The largest absolute Gasteiger partial charge is 0.392 e. The average Bonchev–Trinajstić information content (AvgIpc) is 2.56. The van der Waals surface area contributed by atoms with Gasteiger partial charge in [-0.05, 0) is 55.7 Å². The van der Waals surface area contributed by atoms with Crippen LogP contribution in [0.5, 0.6) is 0 Å². The minimum absolute atomic E-state index is 0.0493. The van der Waals surface area contributed by atoms with E-state index in [9.17, 15) is 5.11 Å². The van der Waals surface area contributed by atoms with E-state index in [2.05, 4.69) is 24.0 Å². The summed E-state index contributed by atoms with van der Waals surface area (Å²) in [5.41, 5.74) is 8.68. The molecular formula is C19H32N2O. The first-order valence-electron chi connectivity index (χ1n) is 9.06. The van der Waals surface area contributed by atoms with E-state index in [-0.39, 0.29) is 12.1 Å². The number of aliphatic hydroxyl groups excluding tert-OH is 1. The Hall–Kier alpha value is -0.930. The molecule has 0 amide bonds. The van der Waals surface area contributed by atoms with Crippen LogP contribution >= 0.6 is 0 Å². The first-order valence-corrected chi connectivity index (χ1v) is 9.06. The number of pyridine rings is 1. The van der Waals surface area contributed by atoms with Gasteiger partial charge in [0.2, 0.25) is 0 Å². The first-order chi connectivity index (χ1) is 10.7. The summed E-state index contributed by atoms with van der Waals surface area (Å²) in [5.74, 6) is 0.741. The highest BCUT2D eigenvalue weighted by Crippen LogP contribution is 2.28. The summed E-state index contributed by atoms with van der Waals surface area (Å²) in [5, 5.41) is 10.3. The van der Waals surface area contributed by atoms with Crippen LogP contribution in [0.4, 0.5) is 0 Å². The maximum Gasteiger partial charge on any atom is 0.0691 e. The van der Waals surface area contributed by atoms with E-state index in [0.29, 0.717) is 0 Å².